The SMILES string of the molecule is C=C1C(OC)=CC=CC1C(=C)N(C)CC1CCOC1. The number of methoxy groups -OCH3 is 1. The standard InChI is InChI=1S/C16H23NO2/c1-12-15(6-5-7-16(12)18-4)13(2)17(3)10-14-8-9-19-11-14/h5-7,14-15H,1-2,8-11H2,3-4H3. The first-order valence-electron chi connectivity index (χ1n) is 6.72. The van der Waals surface area contributed by atoms with Gasteiger partial charge in [-0.15, -0.1) is 0 Å². The van der Waals surface area contributed by atoms with Crippen LogP contribution in [0.15, 0.2) is 48.4 Å². The highest BCUT2D eigenvalue weighted by molar-refractivity contribution is 5.41. The summed E-state index contributed by atoms with van der Waals surface area (Å²) in [6.45, 7) is 11.1. The zero-order valence-corrected chi connectivity index (χ0v) is 11.9. The monoisotopic (exact) mass is 261 g/mol. The molecular weight excluding hydrogens is 238 g/mol. The van der Waals surface area contributed by atoms with Crippen molar-refractivity contribution in [2.75, 3.05) is 33.9 Å². The van der Waals surface area contributed by atoms with Gasteiger partial charge >= 0.3 is 0 Å². The fourth-order valence-corrected chi connectivity index (χ4v) is 2.61. The van der Waals surface area contributed by atoms with Gasteiger partial charge in [0.2, 0.25) is 0 Å². The number of nitrogens with zero attached hydrogens (tertiary/aromatic N) is 1. The lowest BCUT2D eigenvalue weighted by Crippen LogP contribution is -2.29. The highest BCUT2D eigenvalue weighted by Crippen LogP contribution is 2.31. The van der Waals surface area contributed by atoms with Crippen LogP contribution in [0, 0.1) is 11.8 Å². The largest absolute Gasteiger partial charge is 0.496 e. The van der Waals surface area contributed by atoms with E-state index in [1.54, 1.807) is 7.11 Å². The third-order valence-electron chi connectivity index (χ3n) is 3.87. The Morgan fingerprint density at radius 1 is 1.58 bits per heavy atom. The van der Waals surface area contributed by atoms with Crippen molar-refractivity contribution in [2.45, 2.75) is 6.42 Å². The van der Waals surface area contributed by atoms with E-state index in [-0.39, 0.29) is 5.92 Å². The van der Waals surface area contributed by atoms with Crippen LogP contribution in [0.2, 0.25) is 0 Å². The molecule has 0 aromatic rings. The molecule has 0 aromatic carbocycles. The lowest BCUT2D eigenvalue weighted by molar-refractivity contribution is 0.178. The van der Waals surface area contributed by atoms with Gasteiger partial charge in [-0.3, -0.25) is 0 Å². The van der Waals surface area contributed by atoms with Crippen molar-refractivity contribution >= 4 is 0 Å². The quantitative estimate of drug-likeness (QED) is 0.759. The highest BCUT2D eigenvalue weighted by Gasteiger charge is 2.24. The maximum atomic E-state index is 5.42. The molecule has 1 saturated heterocycles. The predicted octanol–water partition coefficient (Wildman–Crippen LogP) is 2.74. The second-order valence-electron chi connectivity index (χ2n) is 5.22. The van der Waals surface area contributed by atoms with Crippen molar-refractivity contribution < 1.29 is 9.47 Å². The molecule has 0 N–H and O–H groups in total. The molecule has 1 aliphatic heterocycles. The summed E-state index contributed by atoms with van der Waals surface area (Å²) in [7, 11) is 3.77. The molecule has 1 aliphatic carbocycles. The summed E-state index contributed by atoms with van der Waals surface area (Å²) in [5.74, 6) is 1.58. The minimum atomic E-state index is 0.132. The molecule has 19 heavy (non-hydrogen) atoms. The first-order valence-corrected chi connectivity index (χ1v) is 6.72. The number of hydrogen-bond donors (Lipinski definition) is 0. The Morgan fingerprint density at radius 2 is 2.37 bits per heavy atom. The Labute approximate surface area is 115 Å². The van der Waals surface area contributed by atoms with Gasteiger partial charge in [-0.2, -0.15) is 0 Å². The van der Waals surface area contributed by atoms with Crippen LogP contribution in [0.3, 0.4) is 0 Å². The van der Waals surface area contributed by atoms with E-state index < -0.39 is 0 Å². The molecule has 1 fully saturated rings. The van der Waals surface area contributed by atoms with Crippen LogP contribution in [0.5, 0.6) is 0 Å². The topological polar surface area (TPSA) is 21.7 Å². The fourth-order valence-electron chi connectivity index (χ4n) is 2.61. The predicted molar refractivity (Wildman–Crippen MR) is 77.6 cm³/mol. The van der Waals surface area contributed by atoms with Crippen LogP contribution in [0.4, 0.5) is 0 Å². The first kappa shape index (κ1) is 13.9. The van der Waals surface area contributed by atoms with Gasteiger partial charge in [-0.1, -0.05) is 25.3 Å². The summed E-state index contributed by atoms with van der Waals surface area (Å²) in [5, 5.41) is 0. The third-order valence-corrected chi connectivity index (χ3v) is 3.87. The molecule has 0 aromatic heterocycles. The molecule has 2 atom stereocenters. The highest BCUT2D eigenvalue weighted by atomic mass is 16.5. The van der Waals surface area contributed by atoms with Crippen molar-refractivity contribution in [1.82, 2.24) is 4.90 Å². The van der Waals surface area contributed by atoms with Gasteiger partial charge in [0.1, 0.15) is 5.76 Å². The van der Waals surface area contributed by atoms with Crippen molar-refractivity contribution in [3.05, 3.63) is 48.4 Å². The van der Waals surface area contributed by atoms with Gasteiger partial charge in [-0.05, 0) is 18.1 Å². The molecule has 0 saturated carbocycles. The molecule has 0 bridgehead atoms. The van der Waals surface area contributed by atoms with Crippen LogP contribution in [-0.2, 0) is 9.47 Å². The van der Waals surface area contributed by atoms with Crippen LogP contribution in [-0.4, -0.2) is 38.8 Å². The van der Waals surface area contributed by atoms with E-state index in [1.807, 2.05) is 12.2 Å². The minimum absolute atomic E-state index is 0.132. The first-order chi connectivity index (χ1) is 9.13. The Kier molecular flexibility index (Phi) is 4.48. The smallest absolute Gasteiger partial charge is 0.122 e. The maximum absolute atomic E-state index is 5.42. The van der Waals surface area contributed by atoms with Gasteiger partial charge in [0, 0.05) is 37.7 Å². The second kappa shape index (κ2) is 6.11. The van der Waals surface area contributed by atoms with Gasteiger partial charge < -0.3 is 14.4 Å². The zero-order chi connectivity index (χ0) is 13.8. The second-order valence-corrected chi connectivity index (χ2v) is 5.22. The van der Waals surface area contributed by atoms with Gasteiger partial charge in [0.05, 0.1) is 13.7 Å². The van der Waals surface area contributed by atoms with Crippen molar-refractivity contribution in [3.8, 4) is 0 Å². The summed E-state index contributed by atoms with van der Waals surface area (Å²) >= 11 is 0. The van der Waals surface area contributed by atoms with E-state index >= 15 is 0 Å². The molecule has 2 rings (SSSR count). The summed E-state index contributed by atoms with van der Waals surface area (Å²) in [6, 6.07) is 0. The minimum Gasteiger partial charge on any atom is -0.496 e. The molecule has 3 heteroatoms. The summed E-state index contributed by atoms with van der Waals surface area (Å²) in [6.07, 6.45) is 7.21. The van der Waals surface area contributed by atoms with E-state index in [1.165, 1.54) is 0 Å². The average Bonchev–Trinajstić information content (AvgIpc) is 2.91. The van der Waals surface area contributed by atoms with Crippen LogP contribution < -0.4 is 0 Å². The van der Waals surface area contributed by atoms with Crippen molar-refractivity contribution in [2.24, 2.45) is 11.8 Å². The zero-order valence-electron chi connectivity index (χ0n) is 11.9. The molecule has 2 aliphatic rings. The van der Waals surface area contributed by atoms with E-state index in [2.05, 4.69) is 31.2 Å². The number of rotatable bonds is 5. The number of ether oxygens (including phenoxy) is 2. The number of hydrogen-bond acceptors (Lipinski definition) is 3. The average molecular weight is 261 g/mol. The van der Waals surface area contributed by atoms with Gasteiger partial charge in [-0.25, -0.2) is 0 Å². The molecule has 104 valence electrons. The maximum Gasteiger partial charge on any atom is 0.122 e. The fraction of sp³-hybridized carbons (Fsp3) is 0.500. The van der Waals surface area contributed by atoms with Gasteiger partial charge in [0.15, 0.2) is 0 Å². The summed E-state index contributed by atoms with van der Waals surface area (Å²) in [5.41, 5.74) is 2.04. The molecule has 2 unspecified atom stereocenters. The van der Waals surface area contributed by atoms with E-state index in [4.69, 9.17) is 9.47 Å². The normalized spacial score (nSPS) is 26.2. The Morgan fingerprint density at radius 3 is 3.00 bits per heavy atom. The Bertz CT molecular complexity index is 416. The van der Waals surface area contributed by atoms with E-state index in [0.717, 1.165) is 43.2 Å². The molecule has 0 spiro atoms. The van der Waals surface area contributed by atoms with E-state index in [9.17, 15) is 0 Å². The lowest BCUT2D eigenvalue weighted by atomic mass is 9.91. The van der Waals surface area contributed by atoms with Crippen LogP contribution in [0.25, 0.3) is 0 Å². The molecule has 3 nitrogen and oxygen atoms in total. The molecule has 0 amide bonds. The van der Waals surface area contributed by atoms with Crippen molar-refractivity contribution in [3.63, 3.8) is 0 Å². The van der Waals surface area contributed by atoms with E-state index in [0.29, 0.717) is 5.92 Å². The molecular formula is C16H23NO2. The Balaban J connectivity index is 1.97. The lowest BCUT2D eigenvalue weighted by Gasteiger charge is -2.31. The van der Waals surface area contributed by atoms with Crippen LogP contribution in [0.1, 0.15) is 6.42 Å². The third kappa shape index (κ3) is 3.10. The molecule has 0 radical (unpaired) electrons. The number of allylic oxidation sites excluding steroid dienone is 4. The van der Waals surface area contributed by atoms with Crippen LogP contribution >= 0.6 is 0 Å². The van der Waals surface area contributed by atoms with Crippen molar-refractivity contribution in [1.29, 1.82) is 0 Å². The molecule has 1 heterocycles. The summed E-state index contributed by atoms with van der Waals surface area (Å²) < 4.78 is 10.7. The van der Waals surface area contributed by atoms with Gasteiger partial charge in [0.25, 0.3) is 0 Å². The Hall–Kier alpha value is -1.48. The summed E-state index contributed by atoms with van der Waals surface area (Å²) in [4.78, 5) is 2.22.